The second-order valence-corrected chi connectivity index (χ2v) is 10.0. The van der Waals surface area contributed by atoms with Crippen LogP contribution in [0.3, 0.4) is 0 Å². The molecule has 2 fully saturated rings. The summed E-state index contributed by atoms with van der Waals surface area (Å²) in [6.45, 7) is 6.49. The number of nitrogens with zero attached hydrogens (tertiary/aromatic N) is 1. The minimum atomic E-state index is -0.694. The van der Waals surface area contributed by atoms with Crippen molar-refractivity contribution in [3.63, 3.8) is 0 Å². The zero-order chi connectivity index (χ0) is 26.4. The molecule has 1 aliphatic carbocycles. The van der Waals surface area contributed by atoms with Gasteiger partial charge in [-0.1, -0.05) is 53.4 Å². The monoisotopic (exact) mass is 566 g/mol. The Bertz CT molecular complexity index is 1220. The molecule has 0 atom stereocenters. The van der Waals surface area contributed by atoms with Crippen molar-refractivity contribution in [1.29, 1.82) is 0 Å². The number of hydrogen-bond donors (Lipinski definition) is 1. The SMILES string of the molecule is C=CCc1cc(C=C2C(=O)NC(=O)N(C3CCCCC3)C2=O)cc(OCC)c1OCc1ccc(Br)cc1. The van der Waals surface area contributed by atoms with Gasteiger partial charge in [-0.3, -0.25) is 19.8 Å². The first-order valence-corrected chi connectivity index (χ1v) is 13.4. The van der Waals surface area contributed by atoms with Gasteiger partial charge in [-0.25, -0.2) is 4.79 Å². The molecule has 0 spiro atoms. The predicted molar refractivity (Wildman–Crippen MR) is 145 cm³/mol. The number of urea groups is 1. The third-order valence-electron chi connectivity index (χ3n) is 6.50. The molecule has 7 nitrogen and oxygen atoms in total. The highest BCUT2D eigenvalue weighted by Crippen LogP contribution is 2.36. The second kappa shape index (κ2) is 12.2. The van der Waals surface area contributed by atoms with Crippen LogP contribution in [0.2, 0.25) is 0 Å². The highest BCUT2D eigenvalue weighted by Gasteiger charge is 2.40. The topological polar surface area (TPSA) is 84.9 Å². The summed E-state index contributed by atoms with van der Waals surface area (Å²) < 4.78 is 13.1. The maximum absolute atomic E-state index is 13.3. The average Bonchev–Trinajstić information content (AvgIpc) is 2.88. The van der Waals surface area contributed by atoms with Gasteiger partial charge in [-0.05, 0) is 67.7 Å². The zero-order valence-corrected chi connectivity index (χ0v) is 22.5. The van der Waals surface area contributed by atoms with Crippen LogP contribution in [0.15, 0.2) is 59.1 Å². The van der Waals surface area contributed by atoms with Crippen LogP contribution in [0.5, 0.6) is 11.5 Å². The maximum atomic E-state index is 13.3. The predicted octanol–water partition coefficient (Wildman–Crippen LogP) is 5.95. The lowest BCUT2D eigenvalue weighted by molar-refractivity contribution is -0.132. The minimum Gasteiger partial charge on any atom is -0.490 e. The molecule has 1 aliphatic heterocycles. The van der Waals surface area contributed by atoms with E-state index in [0.29, 0.717) is 36.7 Å². The summed E-state index contributed by atoms with van der Waals surface area (Å²) in [4.78, 5) is 39.8. The van der Waals surface area contributed by atoms with Crippen molar-refractivity contribution in [2.24, 2.45) is 0 Å². The molecule has 2 aliphatic rings. The first-order chi connectivity index (χ1) is 17.9. The Balaban J connectivity index is 1.67. The summed E-state index contributed by atoms with van der Waals surface area (Å²) in [6.07, 6.45) is 8.29. The molecule has 1 N–H and O–H groups in total. The zero-order valence-electron chi connectivity index (χ0n) is 20.9. The number of ether oxygens (including phenoxy) is 2. The number of halogens is 1. The summed E-state index contributed by atoms with van der Waals surface area (Å²) >= 11 is 3.44. The van der Waals surface area contributed by atoms with Gasteiger partial charge in [-0.15, -0.1) is 6.58 Å². The Hall–Kier alpha value is -3.39. The van der Waals surface area contributed by atoms with Crippen LogP contribution < -0.4 is 14.8 Å². The number of hydrogen-bond acceptors (Lipinski definition) is 5. The number of barbiturate groups is 1. The number of benzene rings is 2. The van der Waals surface area contributed by atoms with E-state index >= 15 is 0 Å². The van der Waals surface area contributed by atoms with Gasteiger partial charge in [0.05, 0.1) is 6.61 Å². The highest BCUT2D eigenvalue weighted by atomic mass is 79.9. The Kier molecular flexibility index (Phi) is 8.82. The first-order valence-electron chi connectivity index (χ1n) is 12.6. The lowest BCUT2D eigenvalue weighted by Crippen LogP contribution is -2.58. The van der Waals surface area contributed by atoms with E-state index in [9.17, 15) is 14.4 Å². The van der Waals surface area contributed by atoms with Gasteiger partial charge in [0.15, 0.2) is 11.5 Å². The van der Waals surface area contributed by atoms with Gasteiger partial charge in [0.2, 0.25) is 0 Å². The molecular formula is C29H31BrN2O5. The van der Waals surface area contributed by atoms with Crippen LogP contribution in [0.25, 0.3) is 6.08 Å². The van der Waals surface area contributed by atoms with Crippen molar-refractivity contribution in [1.82, 2.24) is 10.2 Å². The van der Waals surface area contributed by atoms with Crippen LogP contribution in [0.1, 0.15) is 55.7 Å². The molecule has 4 amide bonds. The smallest absolute Gasteiger partial charge is 0.331 e. The molecule has 1 saturated carbocycles. The molecule has 1 saturated heterocycles. The molecule has 4 rings (SSSR count). The second-order valence-electron chi connectivity index (χ2n) is 9.13. The van der Waals surface area contributed by atoms with Crippen molar-refractivity contribution >= 4 is 39.9 Å². The Labute approximate surface area is 225 Å². The van der Waals surface area contributed by atoms with Crippen molar-refractivity contribution in [3.05, 3.63) is 75.8 Å². The summed E-state index contributed by atoms with van der Waals surface area (Å²) in [5, 5.41) is 2.34. The summed E-state index contributed by atoms with van der Waals surface area (Å²) in [7, 11) is 0. The molecule has 0 unspecified atom stereocenters. The van der Waals surface area contributed by atoms with Crippen LogP contribution in [-0.2, 0) is 22.6 Å². The van der Waals surface area contributed by atoms with Crippen LogP contribution >= 0.6 is 15.9 Å². The van der Waals surface area contributed by atoms with Crippen molar-refractivity contribution in [3.8, 4) is 11.5 Å². The lowest BCUT2D eigenvalue weighted by atomic mass is 9.93. The fourth-order valence-electron chi connectivity index (χ4n) is 4.75. The lowest BCUT2D eigenvalue weighted by Gasteiger charge is -2.35. The number of carbonyl (C=O) groups is 3. The van der Waals surface area contributed by atoms with Crippen molar-refractivity contribution in [2.45, 2.75) is 58.1 Å². The van der Waals surface area contributed by atoms with E-state index in [4.69, 9.17) is 9.47 Å². The summed E-state index contributed by atoms with van der Waals surface area (Å²) in [5.74, 6) is -0.153. The normalized spacial score (nSPS) is 17.6. The molecule has 1 heterocycles. The van der Waals surface area contributed by atoms with Crippen LogP contribution in [-0.4, -0.2) is 35.4 Å². The van der Waals surface area contributed by atoms with E-state index in [-0.39, 0.29) is 11.6 Å². The number of carbonyl (C=O) groups excluding carboxylic acids is 3. The summed E-state index contributed by atoms with van der Waals surface area (Å²) in [6, 6.07) is 10.6. The Morgan fingerprint density at radius 2 is 1.81 bits per heavy atom. The van der Waals surface area contributed by atoms with E-state index in [2.05, 4.69) is 27.8 Å². The average molecular weight is 567 g/mol. The molecule has 37 heavy (non-hydrogen) atoms. The van der Waals surface area contributed by atoms with Gasteiger partial charge in [0.25, 0.3) is 11.8 Å². The van der Waals surface area contributed by atoms with E-state index in [0.717, 1.165) is 47.7 Å². The largest absolute Gasteiger partial charge is 0.490 e. The van der Waals surface area contributed by atoms with Gasteiger partial charge in [0, 0.05) is 16.1 Å². The standard InChI is InChI=1S/C29H31BrN2O5/c1-3-8-21-15-20(17-25(36-4-2)26(21)37-18-19-11-13-22(30)14-12-19)16-24-27(33)31-29(35)32(28(24)34)23-9-6-5-7-10-23/h3,11-17,23H,1,4-10,18H2,2H3,(H,31,33,35). The van der Waals surface area contributed by atoms with Crippen LogP contribution in [0, 0.1) is 0 Å². The maximum Gasteiger partial charge on any atom is 0.331 e. The minimum absolute atomic E-state index is 0.0688. The first kappa shape index (κ1) is 26.7. The molecule has 0 bridgehead atoms. The number of imide groups is 2. The van der Waals surface area contributed by atoms with E-state index in [1.807, 2.05) is 37.3 Å². The van der Waals surface area contributed by atoms with Crippen molar-refractivity contribution in [2.75, 3.05) is 6.61 Å². The van der Waals surface area contributed by atoms with E-state index in [1.54, 1.807) is 12.1 Å². The highest BCUT2D eigenvalue weighted by molar-refractivity contribution is 9.10. The number of rotatable bonds is 9. The van der Waals surface area contributed by atoms with Crippen LogP contribution in [0.4, 0.5) is 4.79 Å². The number of nitrogens with one attached hydrogen (secondary N) is 1. The van der Waals surface area contributed by atoms with Gasteiger partial charge in [-0.2, -0.15) is 0 Å². The molecule has 194 valence electrons. The molecule has 2 aromatic rings. The fourth-order valence-corrected chi connectivity index (χ4v) is 5.01. The molecule has 2 aromatic carbocycles. The number of amides is 4. The molecule has 0 aromatic heterocycles. The van der Waals surface area contributed by atoms with Crippen molar-refractivity contribution < 1.29 is 23.9 Å². The quantitative estimate of drug-likeness (QED) is 0.230. The Morgan fingerprint density at radius 1 is 1.08 bits per heavy atom. The van der Waals surface area contributed by atoms with E-state index in [1.165, 1.54) is 11.0 Å². The number of allylic oxidation sites excluding steroid dienone is 1. The molecular weight excluding hydrogens is 536 g/mol. The third kappa shape index (κ3) is 6.31. The fraction of sp³-hybridized carbons (Fsp3) is 0.345. The molecule has 0 radical (unpaired) electrons. The van der Waals surface area contributed by atoms with E-state index < -0.39 is 17.8 Å². The Morgan fingerprint density at radius 3 is 2.49 bits per heavy atom. The van der Waals surface area contributed by atoms with Gasteiger partial charge in [0.1, 0.15) is 12.2 Å². The van der Waals surface area contributed by atoms with Gasteiger partial charge < -0.3 is 9.47 Å². The third-order valence-corrected chi connectivity index (χ3v) is 7.03. The summed E-state index contributed by atoms with van der Waals surface area (Å²) in [5.41, 5.74) is 2.35. The molecule has 8 heteroatoms. The van der Waals surface area contributed by atoms with Gasteiger partial charge >= 0.3 is 6.03 Å².